The summed E-state index contributed by atoms with van der Waals surface area (Å²) in [5.74, 6) is -1.69. The van der Waals surface area contributed by atoms with Crippen LogP contribution in [0.4, 0.5) is 4.39 Å². The minimum absolute atomic E-state index is 0.279. The Balaban J connectivity index is 2.90. The van der Waals surface area contributed by atoms with E-state index in [4.69, 9.17) is 0 Å². The lowest BCUT2D eigenvalue weighted by molar-refractivity contribution is -0.431. The van der Waals surface area contributed by atoms with E-state index in [9.17, 15) is 14.3 Å². The van der Waals surface area contributed by atoms with E-state index >= 15 is 0 Å². The molecule has 0 aliphatic carbocycles. The van der Waals surface area contributed by atoms with E-state index in [0.717, 1.165) is 0 Å². The highest BCUT2D eigenvalue weighted by Crippen LogP contribution is 2.20. The molecule has 76 valence electrons. The van der Waals surface area contributed by atoms with Crippen LogP contribution in [-0.4, -0.2) is 5.97 Å². The second-order valence-electron chi connectivity index (χ2n) is 2.94. The zero-order chi connectivity index (χ0) is 10.7. The van der Waals surface area contributed by atoms with Gasteiger partial charge in [0.1, 0.15) is 11.9 Å². The van der Waals surface area contributed by atoms with Gasteiger partial charge in [0.05, 0.1) is 0 Å². The zero-order valence-electron chi connectivity index (χ0n) is 7.30. The van der Waals surface area contributed by atoms with Gasteiger partial charge in [-0.15, -0.1) is 0 Å². The third-order valence-corrected chi connectivity index (χ3v) is 2.31. The van der Waals surface area contributed by atoms with Gasteiger partial charge in [-0.3, -0.25) is 0 Å². The van der Waals surface area contributed by atoms with Crippen LogP contribution in [0.5, 0.6) is 0 Å². The van der Waals surface area contributed by atoms with Crippen LogP contribution in [0.2, 0.25) is 0 Å². The molecule has 0 saturated heterocycles. The molecule has 0 aliphatic heterocycles. The molecule has 0 saturated carbocycles. The quantitative estimate of drug-likeness (QED) is 0.833. The van der Waals surface area contributed by atoms with Crippen molar-refractivity contribution in [1.29, 1.82) is 0 Å². The molecule has 0 heterocycles. The van der Waals surface area contributed by atoms with Crippen LogP contribution in [0.3, 0.4) is 0 Å². The molecule has 0 unspecified atom stereocenters. The Morgan fingerprint density at radius 3 is 2.79 bits per heavy atom. The summed E-state index contributed by atoms with van der Waals surface area (Å²) in [6.07, 6.45) is -0.279. The van der Waals surface area contributed by atoms with E-state index in [1.807, 2.05) is 0 Å². The van der Waals surface area contributed by atoms with Crippen molar-refractivity contribution in [2.75, 3.05) is 0 Å². The highest BCUT2D eigenvalue weighted by atomic mass is 79.9. The molecule has 3 nitrogen and oxygen atoms in total. The molecule has 0 fully saturated rings. The maximum absolute atomic E-state index is 13.3. The predicted octanol–water partition coefficient (Wildman–Crippen LogP) is 0.0112. The van der Waals surface area contributed by atoms with Crippen molar-refractivity contribution in [2.24, 2.45) is 0 Å². The number of aliphatic carboxylic acids is 1. The Labute approximate surface area is 88.9 Å². The van der Waals surface area contributed by atoms with Gasteiger partial charge in [0.15, 0.2) is 0 Å². The average Bonchev–Trinajstić information content (AvgIpc) is 2.01. The molecule has 0 aliphatic rings. The summed E-state index contributed by atoms with van der Waals surface area (Å²) < 4.78 is 13.9. The molecule has 0 aromatic heterocycles. The van der Waals surface area contributed by atoms with Gasteiger partial charge in [-0.05, 0) is 18.2 Å². The van der Waals surface area contributed by atoms with E-state index in [0.29, 0.717) is 4.47 Å². The summed E-state index contributed by atoms with van der Waals surface area (Å²) in [7, 11) is 0. The van der Waals surface area contributed by atoms with Gasteiger partial charge in [-0.2, -0.15) is 0 Å². The van der Waals surface area contributed by atoms with Crippen molar-refractivity contribution < 1.29 is 20.0 Å². The van der Waals surface area contributed by atoms with Crippen molar-refractivity contribution in [3.8, 4) is 0 Å². The average molecular weight is 262 g/mol. The van der Waals surface area contributed by atoms with Crippen molar-refractivity contribution in [2.45, 2.75) is 12.5 Å². The van der Waals surface area contributed by atoms with Gasteiger partial charge in [0, 0.05) is 22.4 Å². The highest BCUT2D eigenvalue weighted by molar-refractivity contribution is 9.10. The lowest BCUT2D eigenvalue weighted by atomic mass is 10.0. The number of carboxylic acid groups (broad SMARTS) is 1. The normalized spacial score (nSPS) is 12.5. The molecule has 1 aromatic carbocycles. The van der Waals surface area contributed by atoms with Crippen molar-refractivity contribution >= 4 is 21.9 Å². The topological polar surface area (TPSA) is 67.8 Å². The first-order chi connectivity index (χ1) is 6.50. The smallest absolute Gasteiger partial charge is 0.133 e. The Hall–Kier alpha value is -0.940. The number of carbonyl (C=O) groups excluding carboxylic acids is 1. The first-order valence-electron chi connectivity index (χ1n) is 3.98. The second-order valence-corrected chi connectivity index (χ2v) is 3.85. The molecule has 0 amide bonds. The second kappa shape index (κ2) is 4.52. The molecule has 0 radical (unpaired) electrons. The van der Waals surface area contributed by atoms with E-state index in [1.165, 1.54) is 12.1 Å². The van der Waals surface area contributed by atoms with E-state index in [1.54, 1.807) is 6.07 Å². The van der Waals surface area contributed by atoms with Gasteiger partial charge in [0.2, 0.25) is 0 Å². The molecular weight excluding hydrogens is 253 g/mol. The van der Waals surface area contributed by atoms with Crippen LogP contribution >= 0.6 is 15.9 Å². The van der Waals surface area contributed by atoms with Crippen LogP contribution < -0.4 is 10.8 Å². The standard InChI is InChI=1S/C9H9BrFNO2/c10-5-1-2-6(7(11)3-5)8(12)4-9(13)14/h1-3,8H,4,12H2,(H,13,14)/t8-/m1/s1. The van der Waals surface area contributed by atoms with Crippen LogP contribution in [0.25, 0.3) is 0 Å². The molecule has 3 N–H and O–H groups in total. The fourth-order valence-electron chi connectivity index (χ4n) is 1.14. The molecule has 1 atom stereocenters. The summed E-state index contributed by atoms with van der Waals surface area (Å²) in [5, 5.41) is 10.3. The van der Waals surface area contributed by atoms with E-state index < -0.39 is 17.8 Å². The highest BCUT2D eigenvalue weighted by Gasteiger charge is 2.14. The number of hydrogen-bond acceptors (Lipinski definition) is 2. The van der Waals surface area contributed by atoms with Crippen molar-refractivity contribution in [3.05, 3.63) is 34.1 Å². The Morgan fingerprint density at radius 1 is 1.64 bits per heavy atom. The Bertz CT molecular complexity index is 357. The molecule has 0 bridgehead atoms. The molecule has 0 spiro atoms. The van der Waals surface area contributed by atoms with Gasteiger partial charge in [-0.1, -0.05) is 15.9 Å². The summed E-state index contributed by atoms with van der Waals surface area (Å²) in [5.41, 5.74) is 3.85. The van der Waals surface area contributed by atoms with Crippen LogP contribution in [0, 0.1) is 5.82 Å². The lowest BCUT2D eigenvalue weighted by Gasteiger charge is -2.10. The largest absolute Gasteiger partial charge is 0.550 e. The molecule has 14 heavy (non-hydrogen) atoms. The Kier molecular flexibility index (Phi) is 3.60. The monoisotopic (exact) mass is 261 g/mol. The van der Waals surface area contributed by atoms with Crippen molar-refractivity contribution in [1.82, 2.24) is 0 Å². The minimum Gasteiger partial charge on any atom is -0.550 e. The van der Waals surface area contributed by atoms with Gasteiger partial charge in [0.25, 0.3) is 0 Å². The van der Waals surface area contributed by atoms with Gasteiger partial charge in [-0.25, -0.2) is 4.39 Å². The number of quaternary nitrogens is 1. The summed E-state index contributed by atoms with van der Waals surface area (Å²) >= 11 is 3.11. The number of hydrogen-bond donors (Lipinski definition) is 1. The number of carbonyl (C=O) groups is 1. The summed E-state index contributed by atoms with van der Waals surface area (Å²) in [6, 6.07) is 3.82. The number of carboxylic acids is 1. The van der Waals surface area contributed by atoms with Crippen LogP contribution in [0.15, 0.2) is 22.7 Å². The zero-order valence-corrected chi connectivity index (χ0v) is 8.88. The van der Waals surface area contributed by atoms with Gasteiger partial charge < -0.3 is 15.6 Å². The lowest BCUT2D eigenvalue weighted by Crippen LogP contribution is -2.55. The molecule has 1 aromatic rings. The van der Waals surface area contributed by atoms with E-state index in [2.05, 4.69) is 21.7 Å². The molecular formula is C9H9BrFNO2. The molecule has 1 rings (SSSR count). The summed E-state index contributed by atoms with van der Waals surface area (Å²) in [6.45, 7) is 0. The van der Waals surface area contributed by atoms with Crippen LogP contribution in [0.1, 0.15) is 18.0 Å². The first-order valence-corrected chi connectivity index (χ1v) is 4.78. The predicted molar refractivity (Wildman–Crippen MR) is 49.4 cm³/mol. The van der Waals surface area contributed by atoms with E-state index in [-0.39, 0.29) is 12.0 Å². The van der Waals surface area contributed by atoms with Crippen LogP contribution in [-0.2, 0) is 4.79 Å². The van der Waals surface area contributed by atoms with Crippen molar-refractivity contribution in [3.63, 3.8) is 0 Å². The Morgan fingerprint density at radius 2 is 2.29 bits per heavy atom. The fraction of sp³-hybridized carbons (Fsp3) is 0.222. The minimum atomic E-state index is -1.23. The SMILES string of the molecule is [NH3+][C@H](CC(=O)[O-])c1ccc(Br)cc1F. The number of rotatable bonds is 3. The number of benzene rings is 1. The first kappa shape index (κ1) is 11.1. The fourth-order valence-corrected chi connectivity index (χ4v) is 1.48. The number of halogens is 2. The molecule has 5 heteroatoms. The third kappa shape index (κ3) is 2.78. The summed E-state index contributed by atoms with van der Waals surface area (Å²) in [4.78, 5) is 10.3. The third-order valence-electron chi connectivity index (χ3n) is 1.82. The van der Waals surface area contributed by atoms with Gasteiger partial charge >= 0.3 is 0 Å². The maximum Gasteiger partial charge on any atom is 0.133 e. The maximum atomic E-state index is 13.3.